The van der Waals surface area contributed by atoms with Gasteiger partial charge < -0.3 is 20.7 Å². The van der Waals surface area contributed by atoms with Crippen LogP contribution in [0.3, 0.4) is 0 Å². The van der Waals surface area contributed by atoms with E-state index in [1.807, 2.05) is 32.0 Å². The molecule has 1 fully saturated rings. The third-order valence-electron chi connectivity index (χ3n) is 5.87. The smallest absolute Gasteiger partial charge is 0.175 e. The third kappa shape index (κ3) is 7.21. The lowest BCUT2D eigenvalue weighted by Gasteiger charge is -2.09. The summed E-state index contributed by atoms with van der Waals surface area (Å²) in [6.07, 6.45) is 8.05. The Morgan fingerprint density at radius 1 is 1.14 bits per heavy atom. The van der Waals surface area contributed by atoms with Crippen molar-refractivity contribution in [3.63, 3.8) is 0 Å². The summed E-state index contributed by atoms with van der Waals surface area (Å²) >= 11 is 0. The lowest BCUT2D eigenvalue weighted by Crippen LogP contribution is -2.12. The minimum absolute atomic E-state index is 0.121. The fraction of sp³-hybridized carbons (Fsp3) is 0.310. The number of aromatic amines is 1. The van der Waals surface area contributed by atoms with Gasteiger partial charge in [0, 0.05) is 47.8 Å². The van der Waals surface area contributed by atoms with Crippen LogP contribution in [0.25, 0.3) is 27.7 Å². The van der Waals surface area contributed by atoms with Crippen LogP contribution in [0.4, 0.5) is 8.78 Å². The Morgan fingerprint density at radius 3 is 2.38 bits per heavy atom. The average Bonchev–Trinajstić information content (AvgIpc) is 3.54. The molecule has 4 heterocycles. The van der Waals surface area contributed by atoms with E-state index in [9.17, 15) is 13.9 Å². The Kier molecular flexibility index (Phi) is 11.4. The SMILES string of the molecule is C=C(c1c(F)ccc(O)c1F)c1c[nH]c2ncc(-c3ccncc3)cc12.CC.CC1CCN(C)C1.CN. The molecule has 198 valence electrons. The van der Waals surface area contributed by atoms with E-state index in [0.717, 1.165) is 29.2 Å². The predicted molar refractivity (Wildman–Crippen MR) is 148 cm³/mol. The largest absolute Gasteiger partial charge is 0.505 e. The summed E-state index contributed by atoms with van der Waals surface area (Å²) in [6.45, 7) is 12.8. The zero-order valence-corrected chi connectivity index (χ0v) is 22.2. The first-order valence-electron chi connectivity index (χ1n) is 12.4. The molecule has 1 aliphatic heterocycles. The molecule has 0 aliphatic carbocycles. The van der Waals surface area contributed by atoms with Gasteiger partial charge in [0.05, 0.1) is 5.56 Å². The Balaban J connectivity index is 0.000000371. The number of hydrogen-bond acceptors (Lipinski definition) is 5. The highest BCUT2D eigenvalue weighted by Crippen LogP contribution is 2.35. The van der Waals surface area contributed by atoms with E-state index in [0.29, 0.717) is 16.6 Å². The molecule has 4 aromatic rings. The van der Waals surface area contributed by atoms with Crippen LogP contribution in [0.1, 0.15) is 38.3 Å². The molecule has 3 aromatic heterocycles. The minimum Gasteiger partial charge on any atom is -0.505 e. The number of aromatic hydroxyl groups is 1. The molecular formula is C29H37F2N5O. The van der Waals surface area contributed by atoms with Crippen LogP contribution in [0, 0.1) is 17.6 Å². The van der Waals surface area contributed by atoms with E-state index >= 15 is 0 Å². The lowest BCUT2D eigenvalue weighted by molar-refractivity contribution is 0.402. The van der Waals surface area contributed by atoms with Gasteiger partial charge in [-0.15, -0.1) is 0 Å². The minimum atomic E-state index is -1.04. The molecule has 4 N–H and O–H groups in total. The maximum atomic E-state index is 14.3. The molecule has 1 saturated heterocycles. The molecule has 0 bridgehead atoms. The Bertz CT molecular complexity index is 1280. The topological polar surface area (TPSA) is 91.1 Å². The van der Waals surface area contributed by atoms with E-state index in [1.54, 1.807) is 24.8 Å². The summed E-state index contributed by atoms with van der Waals surface area (Å²) in [4.78, 5) is 13.7. The summed E-state index contributed by atoms with van der Waals surface area (Å²) in [7, 11) is 3.68. The number of benzene rings is 1. The summed E-state index contributed by atoms with van der Waals surface area (Å²) in [5.41, 5.74) is 7.09. The fourth-order valence-electron chi connectivity index (χ4n) is 4.06. The molecule has 0 amide bonds. The first kappa shape index (κ1) is 29.6. The molecule has 0 spiro atoms. The van der Waals surface area contributed by atoms with Crippen molar-refractivity contribution in [2.45, 2.75) is 27.2 Å². The quantitative estimate of drug-likeness (QED) is 0.305. The lowest BCUT2D eigenvalue weighted by atomic mass is 9.97. The van der Waals surface area contributed by atoms with Crippen molar-refractivity contribution < 1.29 is 13.9 Å². The molecular weight excluding hydrogens is 472 g/mol. The first-order chi connectivity index (χ1) is 17.8. The fourth-order valence-corrected chi connectivity index (χ4v) is 4.06. The van der Waals surface area contributed by atoms with E-state index in [1.165, 1.54) is 26.6 Å². The van der Waals surface area contributed by atoms with E-state index < -0.39 is 17.4 Å². The number of nitrogens with two attached hydrogens (primary N) is 1. The number of hydrogen-bond donors (Lipinski definition) is 3. The van der Waals surface area contributed by atoms with Gasteiger partial charge in [-0.05, 0) is 74.4 Å². The predicted octanol–water partition coefficient (Wildman–Crippen LogP) is 6.23. The van der Waals surface area contributed by atoms with Gasteiger partial charge in [0.2, 0.25) is 0 Å². The highest BCUT2D eigenvalue weighted by Gasteiger charge is 2.20. The molecule has 1 atom stereocenters. The maximum absolute atomic E-state index is 14.3. The number of pyridine rings is 2. The van der Waals surface area contributed by atoms with Crippen LogP contribution in [0.5, 0.6) is 5.75 Å². The maximum Gasteiger partial charge on any atom is 0.175 e. The van der Waals surface area contributed by atoms with Crippen LogP contribution < -0.4 is 5.73 Å². The summed E-state index contributed by atoms with van der Waals surface area (Å²) in [5, 5.41) is 10.2. The highest BCUT2D eigenvalue weighted by atomic mass is 19.1. The van der Waals surface area contributed by atoms with Gasteiger partial charge in [-0.2, -0.15) is 0 Å². The molecule has 1 unspecified atom stereocenters. The second-order valence-corrected chi connectivity index (χ2v) is 8.45. The monoisotopic (exact) mass is 509 g/mol. The van der Waals surface area contributed by atoms with E-state index in [-0.39, 0.29) is 11.1 Å². The number of rotatable bonds is 3. The summed E-state index contributed by atoms with van der Waals surface area (Å²) < 4.78 is 28.4. The number of phenolic OH excluding ortho intramolecular Hbond substituents is 1. The zero-order valence-electron chi connectivity index (χ0n) is 22.2. The van der Waals surface area contributed by atoms with Crippen LogP contribution in [-0.2, 0) is 0 Å². The standard InChI is InChI=1S/C20H13F2N3O.C6H13N.C2H6.CH5N/c1-11(18-16(21)2-3-17(26)19(18)22)15-10-25-20-14(15)8-13(9-24-20)12-4-6-23-7-5-12;1-6-3-4-7(2)5-6;2*1-2/h2-10,26H,1H2,(H,24,25);6H,3-5H2,1-2H3;1-2H3;2H2,1H3. The van der Waals surface area contributed by atoms with Gasteiger partial charge in [0.25, 0.3) is 0 Å². The van der Waals surface area contributed by atoms with Gasteiger partial charge in [-0.1, -0.05) is 27.4 Å². The van der Waals surface area contributed by atoms with Crippen molar-refractivity contribution >= 4 is 16.6 Å². The molecule has 1 aromatic carbocycles. The molecule has 37 heavy (non-hydrogen) atoms. The van der Waals surface area contributed by atoms with Crippen molar-refractivity contribution in [3.8, 4) is 16.9 Å². The van der Waals surface area contributed by atoms with Crippen molar-refractivity contribution in [2.24, 2.45) is 11.7 Å². The van der Waals surface area contributed by atoms with Crippen LogP contribution in [-0.4, -0.2) is 52.1 Å². The van der Waals surface area contributed by atoms with Crippen molar-refractivity contribution in [1.29, 1.82) is 0 Å². The van der Waals surface area contributed by atoms with Gasteiger partial charge in [0.15, 0.2) is 11.6 Å². The van der Waals surface area contributed by atoms with E-state index in [2.05, 4.69) is 46.1 Å². The second kappa shape index (κ2) is 14.2. The van der Waals surface area contributed by atoms with Crippen molar-refractivity contribution in [1.82, 2.24) is 19.9 Å². The Labute approximate surface area is 217 Å². The van der Waals surface area contributed by atoms with Gasteiger partial charge >= 0.3 is 0 Å². The van der Waals surface area contributed by atoms with Gasteiger partial charge in [-0.25, -0.2) is 13.8 Å². The normalized spacial score (nSPS) is 14.5. The molecule has 0 radical (unpaired) electrons. The van der Waals surface area contributed by atoms with Crippen LogP contribution in [0.2, 0.25) is 0 Å². The van der Waals surface area contributed by atoms with Crippen molar-refractivity contribution in [2.75, 3.05) is 27.2 Å². The average molecular weight is 510 g/mol. The molecule has 1 aliphatic rings. The number of likely N-dealkylation sites (tertiary alicyclic amines) is 1. The van der Waals surface area contributed by atoms with Crippen molar-refractivity contribution in [3.05, 3.63) is 84.5 Å². The summed E-state index contributed by atoms with van der Waals surface area (Å²) in [5.74, 6) is -1.51. The zero-order chi connectivity index (χ0) is 27.5. The molecule has 5 rings (SSSR count). The number of halogens is 2. The van der Waals surface area contributed by atoms with Gasteiger partial charge in [-0.3, -0.25) is 4.98 Å². The number of H-pyrrole nitrogens is 1. The highest BCUT2D eigenvalue weighted by molar-refractivity contribution is 5.96. The van der Waals surface area contributed by atoms with E-state index in [4.69, 9.17) is 0 Å². The van der Waals surface area contributed by atoms with Gasteiger partial charge in [0.1, 0.15) is 11.5 Å². The number of fused-ring (bicyclic) bond motifs is 1. The Morgan fingerprint density at radius 2 is 1.81 bits per heavy atom. The first-order valence-corrected chi connectivity index (χ1v) is 12.4. The van der Waals surface area contributed by atoms with Crippen LogP contribution >= 0.6 is 0 Å². The second-order valence-electron chi connectivity index (χ2n) is 8.45. The number of aromatic nitrogens is 3. The third-order valence-corrected chi connectivity index (χ3v) is 5.87. The number of nitrogens with one attached hydrogen (secondary N) is 1. The summed E-state index contributed by atoms with van der Waals surface area (Å²) in [6, 6.07) is 7.54. The molecule has 6 nitrogen and oxygen atoms in total. The van der Waals surface area contributed by atoms with Crippen LogP contribution in [0.15, 0.2) is 61.7 Å². The Hall–Kier alpha value is -3.62. The number of nitrogens with zero attached hydrogens (tertiary/aromatic N) is 3. The molecule has 0 saturated carbocycles. The molecule has 8 heteroatoms. The number of phenols is 1.